The maximum atomic E-state index is 9.60. The number of halogens is 1. The number of phenols is 1. The molecule has 0 aliphatic rings. The highest BCUT2D eigenvalue weighted by Gasteiger charge is 2.02. The molecule has 1 N–H and O–H groups in total. The lowest BCUT2D eigenvalue weighted by molar-refractivity contribution is 0.470. The normalized spacial score (nSPS) is 9.88. The van der Waals surface area contributed by atoms with Crippen LogP contribution in [0.4, 0.5) is 0 Å². The summed E-state index contributed by atoms with van der Waals surface area (Å²) in [6.07, 6.45) is 0. The molecule has 84 valence electrons. The number of phenolic OH excluding ortho intramolecular Hbond substituents is 1. The third-order valence-corrected chi connectivity index (χ3v) is 4.05. The number of hydrogen-bond acceptors (Lipinski definition) is 3. The molecule has 2 rings (SSSR count). The Kier molecular flexibility index (Phi) is 3.92. The highest BCUT2D eigenvalue weighted by molar-refractivity contribution is 14.1. The number of nitrogens with zero attached hydrogens (tertiary/aromatic N) is 1. The second-order valence-corrected chi connectivity index (χ2v) is 5.66. The number of rotatable bonds is 2. The smallest absolute Gasteiger partial charge is 0.130 e. The number of aromatic hydroxyl groups is 1. The molecule has 2 aromatic carbocycles. The quantitative estimate of drug-likeness (QED) is 0.830. The fraction of sp³-hybridized carbons (Fsp3) is 0. The molecular weight excluding hydrogens is 345 g/mol. The molecule has 2 aromatic rings. The van der Waals surface area contributed by atoms with Gasteiger partial charge in [-0.1, -0.05) is 11.8 Å². The summed E-state index contributed by atoms with van der Waals surface area (Å²) in [6, 6.07) is 15.0. The average Bonchev–Trinajstić information content (AvgIpc) is 2.35. The molecule has 0 atom stereocenters. The zero-order chi connectivity index (χ0) is 12.3. The minimum atomic E-state index is 0.296. The van der Waals surface area contributed by atoms with Crippen molar-refractivity contribution in [2.24, 2.45) is 0 Å². The second kappa shape index (κ2) is 5.43. The van der Waals surface area contributed by atoms with Crippen molar-refractivity contribution in [2.75, 3.05) is 0 Å². The van der Waals surface area contributed by atoms with E-state index < -0.39 is 0 Å². The molecule has 0 saturated carbocycles. The fourth-order valence-corrected chi connectivity index (χ4v) is 2.48. The molecule has 0 bridgehead atoms. The molecule has 0 unspecified atom stereocenters. The molecule has 0 aromatic heterocycles. The Labute approximate surface area is 117 Å². The lowest BCUT2D eigenvalue weighted by Crippen LogP contribution is -1.78. The zero-order valence-electron chi connectivity index (χ0n) is 8.72. The van der Waals surface area contributed by atoms with Crippen molar-refractivity contribution in [1.82, 2.24) is 0 Å². The molecule has 0 saturated heterocycles. The summed E-state index contributed by atoms with van der Waals surface area (Å²) in [4.78, 5) is 2.03. The van der Waals surface area contributed by atoms with E-state index in [4.69, 9.17) is 5.26 Å². The van der Waals surface area contributed by atoms with Crippen molar-refractivity contribution < 1.29 is 5.11 Å². The van der Waals surface area contributed by atoms with E-state index in [1.165, 1.54) is 0 Å². The number of nitriles is 1. The Morgan fingerprint density at radius 3 is 2.29 bits per heavy atom. The summed E-state index contributed by atoms with van der Waals surface area (Å²) >= 11 is 3.64. The predicted octanol–water partition coefficient (Wildman–Crippen LogP) is 4.02. The summed E-state index contributed by atoms with van der Waals surface area (Å²) in [5.74, 6) is 0.296. The van der Waals surface area contributed by atoms with Crippen LogP contribution in [0.3, 0.4) is 0 Å². The lowest BCUT2D eigenvalue weighted by Gasteiger charge is -2.03. The van der Waals surface area contributed by atoms with Crippen LogP contribution in [0, 0.1) is 14.9 Å². The minimum absolute atomic E-state index is 0.296. The van der Waals surface area contributed by atoms with Gasteiger partial charge in [0, 0.05) is 9.79 Å². The van der Waals surface area contributed by atoms with Crippen molar-refractivity contribution >= 4 is 34.4 Å². The first kappa shape index (κ1) is 12.3. The Bertz CT molecular complexity index is 575. The van der Waals surface area contributed by atoms with Gasteiger partial charge in [0.1, 0.15) is 5.75 Å². The van der Waals surface area contributed by atoms with Crippen molar-refractivity contribution in [1.29, 1.82) is 5.26 Å². The van der Waals surface area contributed by atoms with Gasteiger partial charge in [0.05, 0.1) is 15.2 Å². The highest BCUT2D eigenvalue weighted by Crippen LogP contribution is 2.31. The molecule has 0 heterocycles. The van der Waals surface area contributed by atoms with E-state index in [-0.39, 0.29) is 0 Å². The van der Waals surface area contributed by atoms with E-state index in [2.05, 4.69) is 28.7 Å². The van der Waals surface area contributed by atoms with Gasteiger partial charge in [-0.05, 0) is 65.1 Å². The topological polar surface area (TPSA) is 44.0 Å². The van der Waals surface area contributed by atoms with Crippen LogP contribution in [0.25, 0.3) is 0 Å². The molecule has 0 aliphatic heterocycles. The van der Waals surface area contributed by atoms with E-state index in [1.807, 2.05) is 24.3 Å². The van der Waals surface area contributed by atoms with Crippen LogP contribution >= 0.6 is 34.4 Å². The van der Waals surface area contributed by atoms with Gasteiger partial charge in [-0.2, -0.15) is 5.26 Å². The molecule has 0 amide bonds. The third-order valence-electron chi connectivity index (χ3n) is 2.14. The third kappa shape index (κ3) is 3.14. The van der Waals surface area contributed by atoms with Crippen LogP contribution in [0.5, 0.6) is 5.75 Å². The van der Waals surface area contributed by atoms with E-state index in [1.54, 1.807) is 30.0 Å². The summed E-state index contributed by atoms with van der Waals surface area (Å²) < 4.78 is 0.840. The predicted molar refractivity (Wildman–Crippen MR) is 76.1 cm³/mol. The average molecular weight is 353 g/mol. The first-order valence-corrected chi connectivity index (χ1v) is 6.75. The SMILES string of the molecule is N#Cc1ccc(Sc2ccc(I)c(O)c2)cc1. The van der Waals surface area contributed by atoms with Gasteiger partial charge >= 0.3 is 0 Å². The molecular formula is C13H8INOS. The Balaban J connectivity index is 2.20. The van der Waals surface area contributed by atoms with Crippen LogP contribution in [-0.2, 0) is 0 Å². The van der Waals surface area contributed by atoms with Crippen molar-refractivity contribution in [2.45, 2.75) is 9.79 Å². The monoisotopic (exact) mass is 353 g/mol. The highest BCUT2D eigenvalue weighted by atomic mass is 127. The first-order chi connectivity index (χ1) is 8.19. The molecule has 2 nitrogen and oxygen atoms in total. The fourth-order valence-electron chi connectivity index (χ4n) is 1.29. The molecule has 0 radical (unpaired) electrons. The van der Waals surface area contributed by atoms with Crippen LogP contribution < -0.4 is 0 Å². The maximum absolute atomic E-state index is 9.60. The van der Waals surface area contributed by atoms with Gasteiger partial charge in [0.2, 0.25) is 0 Å². The summed E-state index contributed by atoms with van der Waals surface area (Å²) in [7, 11) is 0. The lowest BCUT2D eigenvalue weighted by atomic mass is 10.2. The standard InChI is InChI=1S/C13H8INOS/c14-12-6-5-11(7-13(12)16)17-10-3-1-9(8-15)2-4-10/h1-7,16H. The molecule has 0 spiro atoms. The second-order valence-electron chi connectivity index (χ2n) is 3.35. The van der Waals surface area contributed by atoms with Gasteiger partial charge in [0.15, 0.2) is 0 Å². The van der Waals surface area contributed by atoms with Gasteiger partial charge in [-0.3, -0.25) is 0 Å². The largest absolute Gasteiger partial charge is 0.507 e. The van der Waals surface area contributed by atoms with E-state index >= 15 is 0 Å². The Morgan fingerprint density at radius 2 is 1.71 bits per heavy atom. The molecule has 17 heavy (non-hydrogen) atoms. The Morgan fingerprint density at radius 1 is 1.06 bits per heavy atom. The molecule has 4 heteroatoms. The van der Waals surface area contributed by atoms with Gasteiger partial charge in [-0.15, -0.1) is 0 Å². The minimum Gasteiger partial charge on any atom is -0.507 e. The first-order valence-electron chi connectivity index (χ1n) is 4.85. The van der Waals surface area contributed by atoms with Gasteiger partial charge < -0.3 is 5.11 Å². The van der Waals surface area contributed by atoms with Crippen LogP contribution in [0.15, 0.2) is 52.3 Å². The van der Waals surface area contributed by atoms with E-state index in [9.17, 15) is 5.11 Å². The Hall–Kier alpha value is -1.19. The van der Waals surface area contributed by atoms with Crippen molar-refractivity contribution in [3.05, 3.63) is 51.6 Å². The van der Waals surface area contributed by atoms with E-state index in [0.29, 0.717) is 11.3 Å². The van der Waals surface area contributed by atoms with Crippen LogP contribution in [0.1, 0.15) is 5.56 Å². The summed E-state index contributed by atoms with van der Waals surface area (Å²) in [6.45, 7) is 0. The van der Waals surface area contributed by atoms with Crippen molar-refractivity contribution in [3.63, 3.8) is 0 Å². The van der Waals surface area contributed by atoms with Gasteiger partial charge in [-0.25, -0.2) is 0 Å². The van der Waals surface area contributed by atoms with Crippen LogP contribution in [-0.4, -0.2) is 5.11 Å². The van der Waals surface area contributed by atoms with Crippen LogP contribution in [0.2, 0.25) is 0 Å². The number of benzene rings is 2. The summed E-state index contributed by atoms with van der Waals surface area (Å²) in [5.41, 5.74) is 0.653. The number of hydrogen-bond donors (Lipinski definition) is 1. The molecule has 0 fully saturated rings. The molecule has 0 aliphatic carbocycles. The zero-order valence-corrected chi connectivity index (χ0v) is 11.7. The van der Waals surface area contributed by atoms with Crippen molar-refractivity contribution in [3.8, 4) is 11.8 Å². The summed E-state index contributed by atoms with van der Waals surface area (Å²) in [5, 5.41) is 18.3. The van der Waals surface area contributed by atoms with Gasteiger partial charge in [0.25, 0.3) is 0 Å². The van der Waals surface area contributed by atoms with E-state index in [0.717, 1.165) is 13.4 Å². The maximum Gasteiger partial charge on any atom is 0.130 e.